The number of carbonyl (C=O) groups excluding carboxylic acids is 1. The maximum Gasteiger partial charge on any atom is 0.406 e. The topological polar surface area (TPSA) is 60.0 Å². The van der Waals surface area contributed by atoms with Gasteiger partial charge in [0.1, 0.15) is 13.1 Å². The average Bonchev–Trinajstić information content (AvgIpc) is 2.57. The Hall–Kier alpha value is -1.51. The Labute approximate surface area is 154 Å². The molecule has 0 bridgehead atoms. The number of carbonyl (C=O) groups is 1. The number of aliphatic imine (C=N–C) groups is 1. The van der Waals surface area contributed by atoms with Gasteiger partial charge < -0.3 is 20.4 Å². The lowest BCUT2D eigenvalue weighted by molar-refractivity contribution is -0.157. The molecule has 0 unspecified atom stereocenters. The SMILES string of the molecule is CCCCN1CCC(NC(=NCC(=O)N(C)CC(F)(F)F)NCC)CC1. The molecule has 0 saturated carbocycles. The first kappa shape index (κ1) is 22.5. The first-order valence-corrected chi connectivity index (χ1v) is 9.33. The van der Waals surface area contributed by atoms with Crippen LogP contribution in [0, 0.1) is 0 Å². The summed E-state index contributed by atoms with van der Waals surface area (Å²) in [6, 6.07) is 0.258. The average molecular weight is 379 g/mol. The molecule has 1 aliphatic rings. The van der Waals surface area contributed by atoms with E-state index in [2.05, 4.69) is 27.4 Å². The number of rotatable bonds is 8. The molecule has 9 heteroatoms. The van der Waals surface area contributed by atoms with Gasteiger partial charge in [-0.1, -0.05) is 13.3 Å². The van der Waals surface area contributed by atoms with Gasteiger partial charge in [-0.05, 0) is 32.7 Å². The molecule has 1 amide bonds. The van der Waals surface area contributed by atoms with Gasteiger partial charge in [-0.25, -0.2) is 4.99 Å². The number of piperidine rings is 1. The van der Waals surface area contributed by atoms with Gasteiger partial charge in [0.25, 0.3) is 0 Å². The summed E-state index contributed by atoms with van der Waals surface area (Å²) in [5, 5.41) is 6.35. The van der Waals surface area contributed by atoms with Crippen LogP contribution in [-0.2, 0) is 4.79 Å². The Morgan fingerprint density at radius 1 is 1.27 bits per heavy atom. The molecule has 2 N–H and O–H groups in total. The molecule has 26 heavy (non-hydrogen) atoms. The maximum absolute atomic E-state index is 12.3. The van der Waals surface area contributed by atoms with Crippen LogP contribution in [0.1, 0.15) is 39.5 Å². The van der Waals surface area contributed by atoms with Gasteiger partial charge >= 0.3 is 6.18 Å². The zero-order valence-electron chi connectivity index (χ0n) is 16.0. The predicted octanol–water partition coefficient (Wildman–Crippen LogP) is 1.83. The standard InChI is InChI=1S/C17H32F3N5O/c1-4-6-9-25-10-7-14(8-11-25)23-16(21-5-2)22-12-15(26)24(3)13-17(18,19)20/h14H,4-13H2,1-3H3,(H2,21,22,23). The number of unbranched alkanes of at least 4 members (excludes halogenated alkanes) is 1. The molecule has 0 aromatic heterocycles. The molecular weight excluding hydrogens is 347 g/mol. The molecule has 152 valence electrons. The second-order valence-electron chi connectivity index (χ2n) is 6.67. The van der Waals surface area contributed by atoms with Gasteiger partial charge in [-0.15, -0.1) is 0 Å². The van der Waals surface area contributed by atoms with Gasteiger partial charge in [-0.2, -0.15) is 13.2 Å². The van der Waals surface area contributed by atoms with Crippen LogP contribution in [0.2, 0.25) is 0 Å². The van der Waals surface area contributed by atoms with Gasteiger partial charge in [0, 0.05) is 32.7 Å². The minimum absolute atomic E-state index is 0.258. The third kappa shape index (κ3) is 9.26. The quantitative estimate of drug-likeness (QED) is 0.499. The fourth-order valence-corrected chi connectivity index (χ4v) is 2.82. The molecular formula is C17H32F3N5O. The van der Waals surface area contributed by atoms with Crippen molar-refractivity contribution >= 4 is 11.9 Å². The van der Waals surface area contributed by atoms with E-state index in [1.165, 1.54) is 12.8 Å². The number of hydrogen-bond acceptors (Lipinski definition) is 3. The first-order valence-electron chi connectivity index (χ1n) is 9.33. The molecule has 1 fully saturated rings. The summed E-state index contributed by atoms with van der Waals surface area (Å²) in [6.07, 6.45) is -0.0450. The Morgan fingerprint density at radius 3 is 2.46 bits per heavy atom. The number of nitrogens with one attached hydrogen (secondary N) is 2. The Kier molecular flexibility index (Phi) is 9.75. The molecule has 1 saturated heterocycles. The summed E-state index contributed by atoms with van der Waals surface area (Å²) in [5.74, 6) is -0.179. The van der Waals surface area contributed by atoms with Crippen molar-refractivity contribution in [3.8, 4) is 0 Å². The molecule has 0 radical (unpaired) electrons. The Balaban J connectivity index is 2.47. The zero-order chi connectivity index (χ0) is 19.6. The summed E-state index contributed by atoms with van der Waals surface area (Å²) in [6.45, 7) is 6.29. The lowest BCUT2D eigenvalue weighted by Crippen LogP contribution is -2.49. The molecule has 0 aromatic rings. The first-order chi connectivity index (χ1) is 12.2. The lowest BCUT2D eigenvalue weighted by atomic mass is 10.0. The monoisotopic (exact) mass is 379 g/mol. The molecule has 0 spiro atoms. The lowest BCUT2D eigenvalue weighted by Gasteiger charge is -2.33. The zero-order valence-corrected chi connectivity index (χ0v) is 16.0. The van der Waals surface area contributed by atoms with Crippen LogP contribution in [0.3, 0.4) is 0 Å². The third-order valence-corrected chi connectivity index (χ3v) is 4.32. The highest BCUT2D eigenvalue weighted by atomic mass is 19.4. The van der Waals surface area contributed by atoms with Gasteiger partial charge in [0.05, 0.1) is 0 Å². The van der Waals surface area contributed by atoms with Crippen molar-refractivity contribution in [3.63, 3.8) is 0 Å². The number of amides is 1. The van der Waals surface area contributed by atoms with Gasteiger partial charge in [-0.3, -0.25) is 4.79 Å². The van der Waals surface area contributed by atoms with E-state index in [1.807, 2.05) is 6.92 Å². The van der Waals surface area contributed by atoms with E-state index in [0.29, 0.717) is 17.4 Å². The minimum Gasteiger partial charge on any atom is -0.357 e. The van der Waals surface area contributed by atoms with Crippen molar-refractivity contribution < 1.29 is 18.0 Å². The van der Waals surface area contributed by atoms with Crippen LogP contribution in [0.5, 0.6) is 0 Å². The van der Waals surface area contributed by atoms with Crippen molar-refractivity contribution in [1.82, 2.24) is 20.4 Å². The van der Waals surface area contributed by atoms with Crippen LogP contribution in [0.15, 0.2) is 4.99 Å². The smallest absolute Gasteiger partial charge is 0.357 e. The largest absolute Gasteiger partial charge is 0.406 e. The molecule has 1 aliphatic heterocycles. The third-order valence-electron chi connectivity index (χ3n) is 4.32. The molecule has 6 nitrogen and oxygen atoms in total. The summed E-state index contributed by atoms with van der Waals surface area (Å²) in [4.78, 5) is 19.1. The van der Waals surface area contributed by atoms with E-state index in [-0.39, 0.29) is 12.6 Å². The van der Waals surface area contributed by atoms with Crippen LogP contribution >= 0.6 is 0 Å². The molecule has 1 heterocycles. The number of hydrogen-bond donors (Lipinski definition) is 2. The number of guanidine groups is 1. The van der Waals surface area contributed by atoms with E-state index in [9.17, 15) is 18.0 Å². The number of halogens is 3. The maximum atomic E-state index is 12.3. The Bertz CT molecular complexity index is 448. The van der Waals surface area contributed by atoms with Crippen LogP contribution in [0.25, 0.3) is 0 Å². The number of likely N-dealkylation sites (N-methyl/N-ethyl adjacent to an activating group) is 1. The second-order valence-corrected chi connectivity index (χ2v) is 6.67. The van der Waals surface area contributed by atoms with Crippen molar-refractivity contribution in [2.24, 2.45) is 4.99 Å². The normalized spacial score (nSPS) is 17.2. The molecule has 0 atom stereocenters. The summed E-state index contributed by atoms with van der Waals surface area (Å²) in [5.41, 5.74) is 0. The van der Waals surface area contributed by atoms with Gasteiger partial charge in [0.2, 0.25) is 5.91 Å². The fraction of sp³-hybridized carbons (Fsp3) is 0.882. The second kappa shape index (κ2) is 11.3. The van der Waals surface area contributed by atoms with Crippen molar-refractivity contribution in [1.29, 1.82) is 0 Å². The van der Waals surface area contributed by atoms with Crippen LogP contribution in [-0.4, -0.2) is 80.2 Å². The summed E-state index contributed by atoms with van der Waals surface area (Å²) >= 11 is 0. The summed E-state index contributed by atoms with van der Waals surface area (Å²) < 4.78 is 37.0. The highest BCUT2D eigenvalue weighted by Gasteiger charge is 2.31. The van der Waals surface area contributed by atoms with Gasteiger partial charge in [0.15, 0.2) is 5.96 Å². The van der Waals surface area contributed by atoms with Crippen molar-refractivity contribution in [3.05, 3.63) is 0 Å². The van der Waals surface area contributed by atoms with E-state index in [0.717, 1.165) is 39.5 Å². The van der Waals surface area contributed by atoms with Crippen LogP contribution in [0.4, 0.5) is 13.2 Å². The summed E-state index contributed by atoms with van der Waals surface area (Å²) in [7, 11) is 1.14. The minimum atomic E-state index is -4.40. The van der Waals surface area contributed by atoms with E-state index < -0.39 is 18.6 Å². The van der Waals surface area contributed by atoms with Crippen molar-refractivity contribution in [2.45, 2.75) is 51.7 Å². The van der Waals surface area contributed by atoms with E-state index in [4.69, 9.17) is 0 Å². The number of nitrogens with zero attached hydrogens (tertiary/aromatic N) is 3. The van der Waals surface area contributed by atoms with E-state index >= 15 is 0 Å². The highest BCUT2D eigenvalue weighted by Crippen LogP contribution is 2.15. The molecule has 0 aromatic carbocycles. The number of likely N-dealkylation sites (tertiary alicyclic amines) is 1. The molecule has 0 aliphatic carbocycles. The van der Waals surface area contributed by atoms with Crippen LogP contribution < -0.4 is 10.6 Å². The number of alkyl halides is 3. The van der Waals surface area contributed by atoms with Crippen molar-refractivity contribution in [2.75, 3.05) is 46.3 Å². The Morgan fingerprint density at radius 2 is 1.92 bits per heavy atom. The predicted molar refractivity (Wildman–Crippen MR) is 97.2 cm³/mol. The molecule has 1 rings (SSSR count). The fourth-order valence-electron chi connectivity index (χ4n) is 2.82. The van der Waals surface area contributed by atoms with E-state index in [1.54, 1.807) is 0 Å². The highest BCUT2D eigenvalue weighted by molar-refractivity contribution is 5.85.